The molecule has 0 saturated carbocycles. The minimum Gasteiger partial charge on any atom is -0.352 e. The summed E-state index contributed by atoms with van der Waals surface area (Å²) in [6.07, 6.45) is 7.78. The van der Waals surface area contributed by atoms with E-state index in [4.69, 9.17) is 4.84 Å². The molecule has 1 aromatic rings. The summed E-state index contributed by atoms with van der Waals surface area (Å²) in [6, 6.07) is 5.95. The van der Waals surface area contributed by atoms with Gasteiger partial charge in [-0.2, -0.15) is 0 Å². The highest BCUT2D eigenvalue weighted by atomic mass is 32.2. The molecule has 0 spiro atoms. The Bertz CT molecular complexity index is 713. The molecule has 1 amide bonds. The van der Waals surface area contributed by atoms with Gasteiger partial charge in [0.1, 0.15) is 0 Å². The van der Waals surface area contributed by atoms with Crippen molar-refractivity contribution >= 4 is 15.9 Å². The van der Waals surface area contributed by atoms with Crippen molar-refractivity contribution in [1.29, 1.82) is 0 Å². The Morgan fingerprint density at radius 1 is 1.33 bits per heavy atom. The highest BCUT2D eigenvalue weighted by Gasteiger charge is 2.21. The van der Waals surface area contributed by atoms with E-state index < -0.39 is 10.0 Å². The number of rotatable bonds is 7. The summed E-state index contributed by atoms with van der Waals surface area (Å²) in [5.41, 5.74) is 1.71. The number of allylic oxidation sites excluding steroid dienone is 1. The Morgan fingerprint density at radius 3 is 2.79 bits per heavy atom. The van der Waals surface area contributed by atoms with Gasteiger partial charge in [-0.3, -0.25) is 9.63 Å². The number of hydrogen-bond acceptors (Lipinski definition) is 4. The summed E-state index contributed by atoms with van der Waals surface area (Å²) in [4.78, 5) is 17.0. The molecule has 0 heterocycles. The average Bonchev–Trinajstić information content (AvgIpc) is 2.61. The molecule has 132 valence electrons. The number of nitrogens with one attached hydrogen (secondary N) is 1. The second-order valence-electron chi connectivity index (χ2n) is 5.74. The summed E-state index contributed by atoms with van der Waals surface area (Å²) >= 11 is 0. The third kappa shape index (κ3) is 4.66. The first-order valence-corrected chi connectivity index (χ1v) is 9.48. The van der Waals surface area contributed by atoms with E-state index in [1.54, 1.807) is 12.1 Å². The lowest BCUT2D eigenvalue weighted by Crippen LogP contribution is -2.27. The average molecular weight is 352 g/mol. The van der Waals surface area contributed by atoms with Crippen LogP contribution in [0.3, 0.4) is 0 Å². The molecule has 1 aromatic carbocycles. The quantitative estimate of drug-likeness (QED) is 0.604. The van der Waals surface area contributed by atoms with E-state index in [1.165, 1.54) is 44.7 Å². The van der Waals surface area contributed by atoms with Crippen LogP contribution in [0.4, 0.5) is 0 Å². The summed E-state index contributed by atoms with van der Waals surface area (Å²) in [5.74, 6) is -0.275. The van der Waals surface area contributed by atoms with E-state index >= 15 is 0 Å². The fourth-order valence-corrected chi connectivity index (χ4v) is 3.63. The van der Waals surface area contributed by atoms with Gasteiger partial charge < -0.3 is 5.32 Å². The first kappa shape index (κ1) is 18.6. The molecular formula is C17H24N2O4S. The third-order valence-electron chi connectivity index (χ3n) is 4.11. The molecular weight excluding hydrogens is 328 g/mol. The van der Waals surface area contributed by atoms with Crippen LogP contribution in [0.25, 0.3) is 0 Å². The largest absolute Gasteiger partial charge is 0.352 e. The van der Waals surface area contributed by atoms with Crippen LogP contribution in [0.15, 0.2) is 40.8 Å². The van der Waals surface area contributed by atoms with Gasteiger partial charge in [0.2, 0.25) is 0 Å². The number of carbonyl (C=O) groups excluding carboxylic acids is 1. The smallest absolute Gasteiger partial charge is 0.264 e. The van der Waals surface area contributed by atoms with Crippen molar-refractivity contribution in [1.82, 2.24) is 9.79 Å². The number of hydroxylamine groups is 1. The van der Waals surface area contributed by atoms with Crippen LogP contribution in [0, 0.1) is 0 Å². The van der Waals surface area contributed by atoms with Crippen molar-refractivity contribution in [2.24, 2.45) is 0 Å². The molecule has 0 unspecified atom stereocenters. The fraction of sp³-hybridized carbons (Fsp3) is 0.471. The second kappa shape index (κ2) is 8.41. The first-order valence-electron chi connectivity index (χ1n) is 8.04. The summed E-state index contributed by atoms with van der Waals surface area (Å²) in [6.45, 7) is 0.555. The Kier molecular flexibility index (Phi) is 6.53. The molecule has 0 radical (unpaired) electrons. The number of amides is 1. The topological polar surface area (TPSA) is 75.7 Å². The van der Waals surface area contributed by atoms with Crippen LogP contribution in [0.5, 0.6) is 0 Å². The zero-order chi connectivity index (χ0) is 17.6. The minimum absolute atomic E-state index is 0.0227. The van der Waals surface area contributed by atoms with Gasteiger partial charge in [0.05, 0.1) is 12.0 Å². The minimum atomic E-state index is -3.76. The van der Waals surface area contributed by atoms with Gasteiger partial charge in [-0.1, -0.05) is 22.2 Å². The molecule has 0 atom stereocenters. The van der Waals surface area contributed by atoms with Crippen molar-refractivity contribution in [3.63, 3.8) is 0 Å². The SMILES string of the molecule is CON(C)S(=O)(=O)c1cccc(C(=O)NCCC2=CCCCC2)c1. The lowest BCUT2D eigenvalue weighted by Gasteiger charge is -2.15. The maximum absolute atomic E-state index is 12.2. The van der Waals surface area contributed by atoms with E-state index in [2.05, 4.69) is 11.4 Å². The van der Waals surface area contributed by atoms with E-state index in [9.17, 15) is 13.2 Å². The highest BCUT2D eigenvalue weighted by Crippen LogP contribution is 2.19. The van der Waals surface area contributed by atoms with E-state index in [-0.39, 0.29) is 10.8 Å². The Balaban J connectivity index is 2.00. The molecule has 0 saturated heterocycles. The Morgan fingerprint density at radius 2 is 2.12 bits per heavy atom. The molecule has 24 heavy (non-hydrogen) atoms. The predicted octanol–water partition coefficient (Wildman–Crippen LogP) is 2.49. The Hall–Kier alpha value is -1.70. The van der Waals surface area contributed by atoms with Gasteiger partial charge in [-0.15, -0.1) is 0 Å². The number of hydrogen-bond donors (Lipinski definition) is 1. The van der Waals surface area contributed by atoms with Gasteiger partial charge in [0.15, 0.2) is 0 Å². The molecule has 0 aromatic heterocycles. The number of nitrogens with zero attached hydrogens (tertiary/aromatic N) is 1. The summed E-state index contributed by atoms with van der Waals surface area (Å²) in [7, 11) is -1.18. The third-order valence-corrected chi connectivity index (χ3v) is 5.78. The molecule has 0 fully saturated rings. The summed E-state index contributed by atoms with van der Waals surface area (Å²) in [5, 5.41) is 2.85. The lowest BCUT2D eigenvalue weighted by molar-refractivity contribution is -0.0258. The van der Waals surface area contributed by atoms with Gasteiger partial charge in [0.25, 0.3) is 15.9 Å². The van der Waals surface area contributed by atoms with Gasteiger partial charge in [-0.25, -0.2) is 8.42 Å². The molecule has 1 aliphatic carbocycles. The normalized spacial score (nSPS) is 15.2. The van der Waals surface area contributed by atoms with E-state index in [0.29, 0.717) is 12.1 Å². The summed E-state index contributed by atoms with van der Waals surface area (Å²) < 4.78 is 25.2. The van der Waals surface area contributed by atoms with Crippen molar-refractivity contribution in [3.05, 3.63) is 41.5 Å². The zero-order valence-electron chi connectivity index (χ0n) is 14.1. The molecule has 1 aliphatic rings. The van der Waals surface area contributed by atoms with Crippen LogP contribution in [0.1, 0.15) is 42.5 Å². The van der Waals surface area contributed by atoms with Crippen LogP contribution < -0.4 is 5.32 Å². The number of benzene rings is 1. The van der Waals surface area contributed by atoms with Crippen molar-refractivity contribution in [2.75, 3.05) is 20.7 Å². The molecule has 1 N–H and O–H groups in total. The van der Waals surface area contributed by atoms with Crippen LogP contribution in [-0.2, 0) is 14.9 Å². The standard InChI is InChI=1S/C17H24N2O4S/c1-19(23-2)24(21,22)16-10-6-9-15(13-16)17(20)18-12-11-14-7-4-3-5-8-14/h6-7,9-10,13H,3-5,8,11-12H2,1-2H3,(H,18,20). The van der Waals surface area contributed by atoms with Crippen LogP contribution >= 0.6 is 0 Å². The maximum atomic E-state index is 12.2. The zero-order valence-corrected chi connectivity index (χ0v) is 14.9. The van der Waals surface area contributed by atoms with E-state index in [1.807, 2.05) is 0 Å². The maximum Gasteiger partial charge on any atom is 0.264 e. The molecule has 0 bridgehead atoms. The number of sulfonamides is 1. The Labute approximate surface area is 143 Å². The van der Waals surface area contributed by atoms with Gasteiger partial charge in [-0.05, 0) is 50.3 Å². The van der Waals surface area contributed by atoms with Crippen LogP contribution in [-0.4, -0.2) is 39.5 Å². The fourth-order valence-electron chi connectivity index (χ4n) is 2.61. The second-order valence-corrected chi connectivity index (χ2v) is 7.67. The molecule has 7 heteroatoms. The molecule has 0 aliphatic heterocycles. The van der Waals surface area contributed by atoms with Crippen LogP contribution in [0.2, 0.25) is 0 Å². The molecule has 6 nitrogen and oxygen atoms in total. The monoisotopic (exact) mass is 352 g/mol. The number of carbonyl (C=O) groups is 1. The highest BCUT2D eigenvalue weighted by molar-refractivity contribution is 7.89. The van der Waals surface area contributed by atoms with Crippen molar-refractivity contribution in [3.8, 4) is 0 Å². The van der Waals surface area contributed by atoms with Crippen molar-refractivity contribution < 1.29 is 18.0 Å². The lowest BCUT2D eigenvalue weighted by atomic mass is 9.97. The van der Waals surface area contributed by atoms with E-state index in [0.717, 1.165) is 23.7 Å². The van der Waals surface area contributed by atoms with Gasteiger partial charge >= 0.3 is 0 Å². The van der Waals surface area contributed by atoms with Gasteiger partial charge in [0, 0.05) is 19.2 Å². The first-order chi connectivity index (χ1) is 11.4. The molecule has 2 rings (SSSR count). The van der Waals surface area contributed by atoms with Crippen molar-refractivity contribution in [2.45, 2.75) is 37.0 Å². The predicted molar refractivity (Wildman–Crippen MR) is 91.9 cm³/mol.